The summed E-state index contributed by atoms with van der Waals surface area (Å²) in [5, 5.41) is 146. The van der Waals surface area contributed by atoms with Crippen molar-refractivity contribution in [3.8, 4) is 0 Å². The lowest BCUT2D eigenvalue weighted by atomic mass is 9.95. The minimum absolute atomic E-state index is 0.739. The summed E-state index contributed by atoms with van der Waals surface area (Å²) < 4.78 is 50.7. The molecular formula is C30H52O23. The van der Waals surface area contributed by atoms with E-state index >= 15 is 0 Å². The molecule has 23 heteroatoms. The van der Waals surface area contributed by atoms with Crippen molar-refractivity contribution in [1.29, 1.82) is 0 Å². The van der Waals surface area contributed by atoms with Crippen LogP contribution in [0.4, 0.5) is 0 Å². The highest BCUT2D eigenvalue weighted by atomic mass is 16.8. The lowest BCUT2D eigenvalue weighted by Gasteiger charge is -2.50. The van der Waals surface area contributed by atoms with Crippen LogP contribution in [0.3, 0.4) is 0 Å². The summed E-state index contributed by atoms with van der Waals surface area (Å²) in [7, 11) is 0. The molecule has 5 fully saturated rings. The third-order valence-corrected chi connectivity index (χ3v) is 10.2. The SMILES string of the molecule is C[C@@H]1O[C@@H](O[C@@H]2[C@@H](O[C@@H]3O[C@H](CO)[C@@H](O)[C@H](O)[C@H]3O)[C@@H](O)[C@H](O[C@@H]3[C@@H](O)[C@@H](O)[C@H](O[C@@H]4[C@@H](O)[C@H](O)[C@@H](CO)O[C@H]4O)O[C@H]3C)O[C@H]2C)[C@H](O)[C@H](O)[C@H]1O. The van der Waals surface area contributed by atoms with Crippen molar-refractivity contribution in [2.45, 2.75) is 174 Å². The van der Waals surface area contributed by atoms with Crippen LogP contribution in [0.2, 0.25) is 0 Å². The van der Waals surface area contributed by atoms with Gasteiger partial charge in [0.25, 0.3) is 0 Å². The molecule has 0 spiro atoms. The number of hydrogen-bond donors (Lipinski definition) is 14. The third-order valence-electron chi connectivity index (χ3n) is 10.2. The maximum absolute atomic E-state index is 11.6. The second-order valence-electron chi connectivity index (χ2n) is 13.9. The first-order chi connectivity index (χ1) is 24.9. The van der Waals surface area contributed by atoms with Gasteiger partial charge in [0.05, 0.1) is 31.5 Å². The molecule has 0 aromatic carbocycles. The van der Waals surface area contributed by atoms with Gasteiger partial charge < -0.3 is 114 Å². The molecule has 5 aliphatic rings. The standard InChI is InChI=1S/C30H52O23/c1-6-11(33)14(36)18(40)27(45-6)51-23-8(3)47-30(21(43)24(23)52-29-19(41)15(37)12(34)10(5-32)49-29)50-22-7(2)46-28(20(42)17(22)39)53-25-16(38)13(35)9(4-31)48-26(25)44/h6-44H,4-5H2,1-3H3/t6-,7-,8-,9+,10+,11-,12+,13+,14+,15-,16-,17-,18+,19+,20+,21+,22-,23-,24-,25+,26+,27-,28-,29-,30-/m0/s1. The van der Waals surface area contributed by atoms with Crippen LogP contribution >= 0.6 is 0 Å². The molecular weight excluding hydrogens is 728 g/mol. The maximum atomic E-state index is 11.6. The summed E-state index contributed by atoms with van der Waals surface area (Å²) >= 11 is 0. The fraction of sp³-hybridized carbons (Fsp3) is 1.00. The number of aliphatic hydroxyl groups is 14. The second kappa shape index (κ2) is 17.7. The lowest BCUT2D eigenvalue weighted by Crippen LogP contribution is -2.67. The molecule has 5 heterocycles. The monoisotopic (exact) mass is 780 g/mol. The summed E-state index contributed by atoms with van der Waals surface area (Å²) in [4.78, 5) is 0. The van der Waals surface area contributed by atoms with Gasteiger partial charge in [-0.3, -0.25) is 0 Å². The predicted molar refractivity (Wildman–Crippen MR) is 162 cm³/mol. The van der Waals surface area contributed by atoms with Crippen molar-refractivity contribution in [2.24, 2.45) is 0 Å². The van der Waals surface area contributed by atoms with E-state index in [4.69, 9.17) is 42.6 Å². The molecule has 0 amide bonds. The van der Waals surface area contributed by atoms with Crippen LogP contribution in [0.25, 0.3) is 0 Å². The van der Waals surface area contributed by atoms with E-state index < -0.39 is 167 Å². The van der Waals surface area contributed by atoms with E-state index in [0.29, 0.717) is 0 Å². The molecule has 0 aromatic heterocycles. The fourth-order valence-electron chi connectivity index (χ4n) is 6.89. The Morgan fingerprint density at radius 1 is 0.340 bits per heavy atom. The average molecular weight is 781 g/mol. The highest BCUT2D eigenvalue weighted by molar-refractivity contribution is 4.98. The highest BCUT2D eigenvalue weighted by Gasteiger charge is 2.56. The molecule has 14 N–H and O–H groups in total. The van der Waals surface area contributed by atoms with Gasteiger partial charge in [0.15, 0.2) is 31.5 Å². The average Bonchev–Trinajstić information content (AvgIpc) is 3.13. The van der Waals surface area contributed by atoms with E-state index in [9.17, 15) is 71.5 Å². The van der Waals surface area contributed by atoms with Crippen molar-refractivity contribution < 1.29 is 114 Å². The smallest absolute Gasteiger partial charge is 0.187 e. The first kappa shape index (κ1) is 43.2. The molecule has 0 unspecified atom stereocenters. The Morgan fingerprint density at radius 3 is 1.30 bits per heavy atom. The van der Waals surface area contributed by atoms with Gasteiger partial charge in [0, 0.05) is 0 Å². The normalized spacial score (nSPS) is 55.5. The van der Waals surface area contributed by atoms with Gasteiger partial charge >= 0.3 is 0 Å². The van der Waals surface area contributed by atoms with Crippen LogP contribution in [-0.2, 0) is 42.6 Å². The molecule has 0 radical (unpaired) electrons. The predicted octanol–water partition coefficient (Wildman–Crippen LogP) is -8.84. The molecule has 0 aliphatic carbocycles. The van der Waals surface area contributed by atoms with Gasteiger partial charge in [-0.05, 0) is 20.8 Å². The molecule has 25 atom stereocenters. The van der Waals surface area contributed by atoms with Gasteiger partial charge in [0.2, 0.25) is 0 Å². The van der Waals surface area contributed by atoms with Crippen molar-refractivity contribution in [3.05, 3.63) is 0 Å². The Morgan fingerprint density at radius 2 is 0.717 bits per heavy atom. The summed E-state index contributed by atoms with van der Waals surface area (Å²) in [5.74, 6) is 0. The van der Waals surface area contributed by atoms with Crippen LogP contribution in [0.1, 0.15) is 20.8 Å². The topological polar surface area (TPSA) is 366 Å². The number of ether oxygens (including phenoxy) is 9. The summed E-state index contributed by atoms with van der Waals surface area (Å²) in [5.41, 5.74) is 0. The van der Waals surface area contributed by atoms with Crippen molar-refractivity contribution in [1.82, 2.24) is 0 Å². The summed E-state index contributed by atoms with van der Waals surface area (Å²) in [6, 6.07) is 0. The molecule has 5 aliphatic heterocycles. The summed E-state index contributed by atoms with van der Waals surface area (Å²) in [6.45, 7) is 2.60. The van der Waals surface area contributed by atoms with E-state index in [1.54, 1.807) is 0 Å². The van der Waals surface area contributed by atoms with Gasteiger partial charge in [-0.25, -0.2) is 0 Å². The van der Waals surface area contributed by atoms with E-state index in [1.807, 2.05) is 0 Å². The zero-order valence-electron chi connectivity index (χ0n) is 28.8. The van der Waals surface area contributed by atoms with Gasteiger partial charge in [-0.15, -0.1) is 0 Å². The van der Waals surface area contributed by atoms with Gasteiger partial charge in [-0.1, -0.05) is 0 Å². The molecule has 310 valence electrons. The fourth-order valence-corrected chi connectivity index (χ4v) is 6.89. The highest BCUT2D eigenvalue weighted by Crippen LogP contribution is 2.36. The zero-order chi connectivity index (χ0) is 39.2. The Hall–Kier alpha value is -0.920. The molecule has 0 bridgehead atoms. The van der Waals surface area contributed by atoms with Crippen molar-refractivity contribution in [2.75, 3.05) is 13.2 Å². The Labute approximate surface area is 301 Å². The van der Waals surface area contributed by atoms with E-state index in [0.717, 1.165) is 0 Å². The maximum Gasteiger partial charge on any atom is 0.187 e. The third kappa shape index (κ3) is 8.68. The molecule has 5 saturated heterocycles. The van der Waals surface area contributed by atoms with Gasteiger partial charge in [0.1, 0.15) is 104 Å². The molecule has 0 aromatic rings. The quantitative estimate of drug-likeness (QED) is 0.0978. The second-order valence-corrected chi connectivity index (χ2v) is 13.9. The van der Waals surface area contributed by atoms with E-state index in [2.05, 4.69) is 0 Å². The van der Waals surface area contributed by atoms with Crippen LogP contribution in [0.15, 0.2) is 0 Å². The minimum Gasteiger partial charge on any atom is -0.394 e. The molecule has 53 heavy (non-hydrogen) atoms. The van der Waals surface area contributed by atoms with Gasteiger partial charge in [-0.2, -0.15) is 0 Å². The van der Waals surface area contributed by atoms with Crippen LogP contribution in [-0.4, -0.2) is 238 Å². The number of rotatable bonds is 10. The molecule has 0 saturated carbocycles. The van der Waals surface area contributed by atoms with E-state index in [1.165, 1.54) is 20.8 Å². The molecule has 5 rings (SSSR count). The largest absolute Gasteiger partial charge is 0.394 e. The minimum atomic E-state index is -1.96. The Bertz CT molecular complexity index is 1160. The number of hydrogen-bond acceptors (Lipinski definition) is 23. The first-order valence-corrected chi connectivity index (χ1v) is 17.2. The zero-order valence-corrected chi connectivity index (χ0v) is 28.8. The Kier molecular flexibility index (Phi) is 14.4. The van der Waals surface area contributed by atoms with E-state index in [-0.39, 0.29) is 0 Å². The van der Waals surface area contributed by atoms with Crippen molar-refractivity contribution >= 4 is 0 Å². The van der Waals surface area contributed by atoms with Crippen molar-refractivity contribution in [3.63, 3.8) is 0 Å². The lowest BCUT2D eigenvalue weighted by molar-refractivity contribution is -0.399. The molecule has 23 nitrogen and oxygen atoms in total. The summed E-state index contributed by atoms with van der Waals surface area (Å²) in [6.07, 6.45) is -41.4. The number of aliphatic hydroxyl groups excluding tert-OH is 14. The first-order valence-electron chi connectivity index (χ1n) is 17.2. The van der Waals surface area contributed by atoms with Crippen LogP contribution in [0.5, 0.6) is 0 Å². The van der Waals surface area contributed by atoms with Crippen LogP contribution in [0, 0.1) is 0 Å². The Balaban J connectivity index is 1.33. The van der Waals surface area contributed by atoms with Crippen LogP contribution < -0.4 is 0 Å².